The van der Waals surface area contributed by atoms with Crippen molar-refractivity contribution in [2.75, 3.05) is 6.54 Å². The molecule has 0 radical (unpaired) electrons. The van der Waals surface area contributed by atoms with Gasteiger partial charge in [0.2, 0.25) is 10.0 Å². The third-order valence-corrected chi connectivity index (χ3v) is 6.61. The maximum Gasteiger partial charge on any atom is 0.250 e. The molecule has 20 heavy (non-hydrogen) atoms. The van der Waals surface area contributed by atoms with E-state index in [9.17, 15) is 8.42 Å². The van der Waals surface area contributed by atoms with E-state index in [1.807, 2.05) is 12.1 Å². The molecular formula is C14H16N2O2S2. The molecule has 3 N–H and O–H groups in total. The summed E-state index contributed by atoms with van der Waals surface area (Å²) in [6, 6.07) is 11.5. The van der Waals surface area contributed by atoms with Crippen molar-refractivity contribution in [2.24, 2.45) is 5.73 Å². The highest BCUT2D eigenvalue weighted by molar-refractivity contribution is 7.91. The lowest BCUT2D eigenvalue weighted by atomic mass is 9.78. The largest absolute Gasteiger partial charge is 0.326 e. The topological polar surface area (TPSA) is 72.2 Å². The third-order valence-electron chi connectivity index (χ3n) is 3.58. The highest BCUT2D eigenvalue weighted by atomic mass is 32.2. The maximum absolute atomic E-state index is 12.2. The first-order chi connectivity index (χ1) is 9.60. The van der Waals surface area contributed by atoms with Crippen molar-refractivity contribution in [1.82, 2.24) is 4.72 Å². The Bertz CT molecular complexity index is 722. The molecule has 1 aliphatic carbocycles. The first-order valence-electron chi connectivity index (χ1n) is 6.46. The number of thiophene rings is 1. The zero-order valence-corrected chi connectivity index (χ0v) is 12.5. The van der Waals surface area contributed by atoms with Gasteiger partial charge >= 0.3 is 0 Å². The molecule has 0 aliphatic heterocycles. The van der Waals surface area contributed by atoms with E-state index in [4.69, 9.17) is 5.73 Å². The van der Waals surface area contributed by atoms with Gasteiger partial charge in [-0.25, -0.2) is 13.1 Å². The minimum absolute atomic E-state index is 0.287. The predicted molar refractivity (Wildman–Crippen MR) is 80.3 cm³/mol. The Balaban J connectivity index is 1.67. The summed E-state index contributed by atoms with van der Waals surface area (Å²) in [7, 11) is -3.41. The summed E-state index contributed by atoms with van der Waals surface area (Å²) >= 11 is 1.23. The number of nitrogens with two attached hydrogens (primary N) is 1. The fraction of sp³-hybridized carbons (Fsp3) is 0.286. The average Bonchev–Trinajstić information content (AvgIpc) is 2.89. The molecule has 2 aromatic rings. The highest BCUT2D eigenvalue weighted by Gasteiger charge is 2.27. The SMILES string of the molecule is NCc1ccc(S(=O)(=O)NCC2Cc3ccccc32)s1. The van der Waals surface area contributed by atoms with Gasteiger partial charge in [0.25, 0.3) is 0 Å². The lowest BCUT2D eigenvalue weighted by molar-refractivity contribution is 0.553. The second-order valence-electron chi connectivity index (χ2n) is 4.88. The van der Waals surface area contributed by atoms with Gasteiger partial charge in [-0.1, -0.05) is 24.3 Å². The minimum atomic E-state index is -3.41. The Morgan fingerprint density at radius 2 is 2.05 bits per heavy atom. The van der Waals surface area contributed by atoms with Crippen molar-refractivity contribution in [3.05, 3.63) is 52.4 Å². The van der Waals surface area contributed by atoms with Gasteiger partial charge in [0.1, 0.15) is 4.21 Å². The van der Waals surface area contributed by atoms with Crippen LogP contribution >= 0.6 is 11.3 Å². The second kappa shape index (κ2) is 5.29. The summed E-state index contributed by atoms with van der Waals surface area (Å²) in [5, 5.41) is 0. The number of rotatable bonds is 5. The summed E-state index contributed by atoms with van der Waals surface area (Å²) in [4.78, 5) is 0.874. The molecule has 4 nitrogen and oxygen atoms in total. The van der Waals surface area contributed by atoms with Crippen molar-refractivity contribution in [3.63, 3.8) is 0 Å². The van der Waals surface area contributed by atoms with Crippen LogP contribution in [-0.4, -0.2) is 15.0 Å². The van der Waals surface area contributed by atoms with Crippen LogP contribution in [0.1, 0.15) is 21.9 Å². The van der Waals surface area contributed by atoms with E-state index in [2.05, 4.69) is 16.9 Å². The Morgan fingerprint density at radius 3 is 2.75 bits per heavy atom. The van der Waals surface area contributed by atoms with Gasteiger partial charge in [0, 0.05) is 23.9 Å². The number of benzene rings is 1. The fourth-order valence-electron chi connectivity index (χ4n) is 2.44. The number of hydrogen-bond acceptors (Lipinski definition) is 4. The molecule has 3 rings (SSSR count). The molecule has 1 aromatic heterocycles. The van der Waals surface area contributed by atoms with Gasteiger partial charge in [0.05, 0.1) is 0 Å². The summed E-state index contributed by atoms with van der Waals surface area (Å²) in [6.45, 7) is 0.825. The van der Waals surface area contributed by atoms with Gasteiger partial charge in [0.15, 0.2) is 0 Å². The summed E-state index contributed by atoms with van der Waals surface area (Å²) in [5.41, 5.74) is 8.08. The average molecular weight is 308 g/mol. The Hall–Kier alpha value is -1.21. The molecule has 1 unspecified atom stereocenters. The van der Waals surface area contributed by atoms with E-state index in [0.29, 0.717) is 17.3 Å². The first kappa shape index (κ1) is 13.8. The highest BCUT2D eigenvalue weighted by Crippen LogP contribution is 2.34. The molecule has 0 saturated carbocycles. The van der Waals surface area contributed by atoms with Crippen molar-refractivity contribution < 1.29 is 8.42 Å². The monoisotopic (exact) mass is 308 g/mol. The van der Waals surface area contributed by atoms with Crippen LogP contribution in [0.2, 0.25) is 0 Å². The molecule has 106 valence electrons. The molecule has 6 heteroatoms. The minimum Gasteiger partial charge on any atom is -0.326 e. The molecule has 1 heterocycles. The molecular weight excluding hydrogens is 292 g/mol. The van der Waals surface area contributed by atoms with Crippen LogP contribution in [-0.2, 0) is 23.0 Å². The smallest absolute Gasteiger partial charge is 0.250 e. The van der Waals surface area contributed by atoms with Crippen molar-refractivity contribution in [3.8, 4) is 0 Å². The Labute approximate surface area is 122 Å². The molecule has 0 bridgehead atoms. The van der Waals surface area contributed by atoms with Crippen molar-refractivity contribution in [2.45, 2.75) is 23.1 Å². The van der Waals surface area contributed by atoms with E-state index in [1.54, 1.807) is 12.1 Å². The molecule has 1 aromatic carbocycles. The van der Waals surface area contributed by atoms with Crippen LogP contribution < -0.4 is 10.5 Å². The van der Waals surface area contributed by atoms with E-state index in [1.165, 1.54) is 22.5 Å². The van der Waals surface area contributed by atoms with E-state index in [-0.39, 0.29) is 5.92 Å². The van der Waals surface area contributed by atoms with Gasteiger partial charge in [-0.3, -0.25) is 0 Å². The number of fused-ring (bicyclic) bond motifs is 1. The maximum atomic E-state index is 12.2. The second-order valence-corrected chi connectivity index (χ2v) is 8.04. The van der Waals surface area contributed by atoms with Crippen LogP contribution in [0.4, 0.5) is 0 Å². The molecule has 0 amide bonds. The lowest BCUT2D eigenvalue weighted by Gasteiger charge is -2.29. The summed E-state index contributed by atoms with van der Waals surface area (Å²) in [6.07, 6.45) is 0.942. The van der Waals surface area contributed by atoms with E-state index >= 15 is 0 Å². The first-order valence-corrected chi connectivity index (χ1v) is 8.76. The van der Waals surface area contributed by atoms with Crippen LogP contribution in [0.3, 0.4) is 0 Å². The van der Waals surface area contributed by atoms with Gasteiger partial charge in [-0.15, -0.1) is 11.3 Å². The van der Waals surface area contributed by atoms with E-state index < -0.39 is 10.0 Å². The quantitative estimate of drug-likeness (QED) is 0.885. The predicted octanol–water partition coefficient (Wildman–Crippen LogP) is 1.82. The molecule has 0 fully saturated rings. The number of sulfonamides is 1. The number of nitrogens with one attached hydrogen (secondary N) is 1. The van der Waals surface area contributed by atoms with Crippen molar-refractivity contribution >= 4 is 21.4 Å². The molecule has 1 aliphatic rings. The van der Waals surface area contributed by atoms with Gasteiger partial charge in [-0.2, -0.15) is 0 Å². The molecule has 0 saturated heterocycles. The van der Waals surface area contributed by atoms with Crippen molar-refractivity contribution in [1.29, 1.82) is 0 Å². The number of hydrogen-bond donors (Lipinski definition) is 2. The van der Waals surface area contributed by atoms with Crippen LogP contribution in [0.15, 0.2) is 40.6 Å². The molecule has 0 spiro atoms. The summed E-state index contributed by atoms with van der Waals surface area (Å²) < 4.78 is 27.4. The Kier molecular flexibility index (Phi) is 3.64. The van der Waals surface area contributed by atoms with Crippen LogP contribution in [0.5, 0.6) is 0 Å². The Morgan fingerprint density at radius 1 is 1.25 bits per heavy atom. The van der Waals surface area contributed by atoms with Crippen LogP contribution in [0.25, 0.3) is 0 Å². The normalized spacial score (nSPS) is 17.6. The third kappa shape index (κ3) is 2.52. The van der Waals surface area contributed by atoms with Gasteiger partial charge in [-0.05, 0) is 29.7 Å². The standard InChI is InChI=1S/C14H16N2O2S2/c15-8-12-5-6-14(19-12)20(17,18)16-9-11-7-10-3-1-2-4-13(10)11/h1-6,11,16H,7-9,15H2. The molecule has 1 atom stereocenters. The van der Waals surface area contributed by atoms with E-state index in [0.717, 1.165) is 11.3 Å². The zero-order chi connectivity index (χ0) is 14.2. The lowest BCUT2D eigenvalue weighted by Crippen LogP contribution is -2.32. The summed E-state index contributed by atoms with van der Waals surface area (Å²) in [5.74, 6) is 0.287. The van der Waals surface area contributed by atoms with Gasteiger partial charge < -0.3 is 5.73 Å². The zero-order valence-electron chi connectivity index (χ0n) is 10.9. The fourth-order valence-corrected chi connectivity index (χ4v) is 4.80. The van der Waals surface area contributed by atoms with Crippen LogP contribution in [0, 0.1) is 0 Å².